The molecule has 0 aliphatic heterocycles. The monoisotopic (exact) mass is 275 g/mol. The van der Waals surface area contributed by atoms with Crippen molar-refractivity contribution in [3.63, 3.8) is 0 Å². The molecule has 0 amide bonds. The van der Waals surface area contributed by atoms with Gasteiger partial charge in [0.05, 0.1) is 17.2 Å². The number of aromatic nitrogens is 1. The molecule has 1 unspecified atom stereocenters. The minimum absolute atomic E-state index is 0.338. The molecule has 0 fully saturated rings. The number of rotatable bonds is 5. The Bertz CT molecular complexity index is 641. The SMILES string of the molecule is CCCCn1cc(C(C)O)c2ccc(C)c(C(=O)O)c21. The van der Waals surface area contributed by atoms with Crippen LogP contribution in [0.15, 0.2) is 18.3 Å². The van der Waals surface area contributed by atoms with Crippen LogP contribution in [0.4, 0.5) is 0 Å². The molecule has 1 aromatic heterocycles. The number of unbranched alkanes of at least 4 members (excludes halogenated alkanes) is 1. The van der Waals surface area contributed by atoms with E-state index in [2.05, 4.69) is 6.92 Å². The quantitative estimate of drug-likeness (QED) is 0.877. The molecule has 0 aliphatic rings. The Morgan fingerprint density at radius 1 is 1.40 bits per heavy atom. The molecule has 0 bridgehead atoms. The molecule has 20 heavy (non-hydrogen) atoms. The first-order valence-corrected chi connectivity index (χ1v) is 7.01. The molecule has 1 heterocycles. The lowest BCUT2D eigenvalue weighted by Gasteiger charge is -2.09. The van der Waals surface area contributed by atoms with Crippen LogP contribution in [0, 0.1) is 6.92 Å². The van der Waals surface area contributed by atoms with Crippen LogP contribution >= 0.6 is 0 Å². The summed E-state index contributed by atoms with van der Waals surface area (Å²) < 4.78 is 1.97. The number of aromatic carboxylic acids is 1. The topological polar surface area (TPSA) is 62.5 Å². The van der Waals surface area contributed by atoms with Crippen LogP contribution in [0.5, 0.6) is 0 Å². The van der Waals surface area contributed by atoms with Gasteiger partial charge in [-0.2, -0.15) is 0 Å². The van der Waals surface area contributed by atoms with Crippen molar-refractivity contribution in [2.75, 3.05) is 0 Å². The summed E-state index contributed by atoms with van der Waals surface area (Å²) in [6.45, 7) is 6.38. The van der Waals surface area contributed by atoms with Gasteiger partial charge in [-0.1, -0.05) is 25.5 Å². The van der Waals surface area contributed by atoms with E-state index in [1.807, 2.05) is 29.8 Å². The van der Waals surface area contributed by atoms with Crippen LogP contribution in [0.25, 0.3) is 10.9 Å². The molecule has 2 N–H and O–H groups in total. The molecule has 4 nitrogen and oxygen atoms in total. The van der Waals surface area contributed by atoms with Crippen LogP contribution in [-0.2, 0) is 6.54 Å². The van der Waals surface area contributed by atoms with Crippen molar-refractivity contribution in [1.29, 1.82) is 0 Å². The minimum atomic E-state index is -0.916. The molecular formula is C16H21NO3. The summed E-state index contributed by atoms with van der Waals surface area (Å²) in [5.74, 6) is -0.916. The summed E-state index contributed by atoms with van der Waals surface area (Å²) in [6, 6.07) is 3.71. The van der Waals surface area contributed by atoms with Gasteiger partial charge in [0.1, 0.15) is 0 Å². The van der Waals surface area contributed by atoms with Crippen LogP contribution in [0.1, 0.15) is 54.3 Å². The van der Waals surface area contributed by atoms with Gasteiger partial charge in [0, 0.05) is 23.7 Å². The maximum Gasteiger partial charge on any atom is 0.338 e. The highest BCUT2D eigenvalue weighted by atomic mass is 16.4. The summed E-state index contributed by atoms with van der Waals surface area (Å²) in [5.41, 5.74) is 2.60. The number of carboxylic acids is 1. The third-order valence-electron chi connectivity index (χ3n) is 3.70. The van der Waals surface area contributed by atoms with Gasteiger partial charge in [-0.15, -0.1) is 0 Å². The molecule has 2 rings (SSSR count). The van der Waals surface area contributed by atoms with Crippen molar-refractivity contribution in [3.05, 3.63) is 35.0 Å². The van der Waals surface area contributed by atoms with Crippen LogP contribution in [-0.4, -0.2) is 20.7 Å². The first kappa shape index (κ1) is 14.6. The second kappa shape index (κ2) is 5.67. The number of aliphatic hydroxyl groups excluding tert-OH is 1. The first-order chi connectivity index (χ1) is 9.47. The third-order valence-corrected chi connectivity index (χ3v) is 3.70. The normalized spacial score (nSPS) is 12.8. The second-order valence-electron chi connectivity index (χ2n) is 5.27. The van der Waals surface area contributed by atoms with E-state index in [1.165, 1.54) is 0 Å². The Balaban J connectivity index is 2.76. The zero-order chi connectivity index (χ0) is 14.9. The molecular weight excluding hydrogens is 254 g/mol. The fourth-order valence-electron chi connectivity index (χ4n) is 2.63. The number of fused-ring (bicyclic) bond motifs is 1. The summed E-state index contributed by atoms with van der Waals surface area (Å²) in [5, 5.41) is 20.2. The van der Waals surface area contributed by atoms with Crippen molar-refractivity contribution in [3.8, 4) is 0 Å². The smallest absolute Gasteiger partial charge is 0.338 e. The molecule has 0 spiro atoms. The number of aliphatic hydroxyl groups is 1. The minimum Gasteiger partial charge on any atom is -0.478 e. The van der Waals surface area contributed by atoms with Crippen molar-refractivity contribution in [2.45, 2.75) is 46.3 Å². The average Bonchev–Trinajstić information content (AvgIpc) is 2.74. The second-order valence-corrected chi connectivity index (χ2v) is 5.27. The van der Waals surface area contributed by atoms with Gasteiger partial charge in [0.2, 0.25) is 0 Å². The van der Waals surface area contributed by atoms with E-state index < -0.39 is 12.1 Å². The van der Waals surface area contributed by atoms with Crippen molar-refractivity contribution in [1.82, 2.24) is 4.57 Å². The van der Waals surface area contributed by atoms with E-state index in [9.17, 15) is 15.0 Å². The van der Waals surface area contributed by atoms with E-state index in [1.54, 1.807) is 6.92 Å². The summed E-state index contributed by atoms with van der Waals surface area (Å²) in [7, 11) is 0. The number of carboxylic acid groups (broad SMARTS) is 1. The van der Waals surface area contributed by atoms with E-state index >= 15 is 0 Å². The maximum absolute atomic E-state index is 11.6. The Morgan fingerprint density at radius 3 is 2.65 bits per heavy atom. The number of aryl methyl sites for hydroxylation is 2. The fraction of sp³-hybridized carbons (Fsp3) is 0.438. The molecule has 0 radical (unpaired) electrons. The highest BCUT2D eigenvalue weighted by Crippen LogP contribution is 2.31. The number of hydrogen-bond acceptors (Lipinski definition) is 2. The zero-order valence-corrected chi connectivity index (χ0v) is 12.2. The Morgan fingerprint density at radius 2 is 2.10 bits per heavy atom. The molecule has 1 aromatic carbocycles. The van der Waals surface area contributed by atoms with Gasteiger partial charge < -0.3 is 14.8 Å². The van der Waals surface area contributed by atoms with Gasteiger partial charge in [0.15, 0.2) is 0 Å². The standard InChI is InChI=1S/C16H21NO3/c1-4-5-8-17-9-13(11(3)18)12-7-6-10(2)14(15(12)17)16(19)20/h6-7,9,11,18H,4-5,8H2,1-3H3,(H,19,20). The number of carbonyl (C=O) groups is 1. The van der Waals surface area contributed by atoms with Crippen LogP contribution in [0.3, 0.4) is 0 Å². The van der Waals surface area contributed by atoms with Crippen molar-refractivity contribution >= 4 is 16.9 Å². The summed E-state index contributed by atoms with van der Waals surface area (Å²) in [4.78, 5) is 11.6. The molecule has 0 saturated carbocycles. The summed E-state index contributed by atoms with van der Waals surface area (Å²) >= 11 is 0. The van der Waals surface area contributed by atoms with Crippen LogP contribution in [0.2, 0.25) is 0 Å². The predicted molar refractivity (Wildman–Crippen MR) is 79.2 cm³/mol. The Hall–Kier alpha value is -1.81. The van der Waals surface area contributed by atoms with Crippen LogP contribution < -0.4 is 0 Å². The number of benzene rings is 1. The Labute approximate surface area is 118 Å². The van der Waals surface area contributed by atoms with Crippen molar-refractivity contribution < 1.29 is 15.0 Å². The fourth-order valence-corrected chi connectivity index (χ4v) is 2.63. The lowest BCUT2D eigenvalue weighted by Crippen LogP contribution is -2.05. The molecule has 4 heteroatoms. The lowest BCUT2D eigenvalue weighted by molar-refractivity contribution is 0.0698. The highest BCUT2D eigenvalue weighted by molar-refractivity contribution is 6.04. The van der Waals surface area contributed by atoms with Crippen molar-refractivity contribution in [2.24, 2.45) is 0 Å². The van der Waals surface area contributed by atoms with E-state index in [0.29, 0.717) is 5.56 Å². The molecule has 0 aliphatic carbocycles. The molecule has 2 aromatic rings. The zero-order valence-electron chi connectivity index (χ0n) is 12.2. The number of hydrogen-bond donors (Lipinski definition) is 2. The van der Waals surface area contributed by atoms with E-state index in [4.69, 9.17) is 0 Å². The van der Waals surface area contributed by atoms with Gasteiger partial charge in [0.25, 0.3) is 0 Å². The molecule has 1 atom stereocenters. The average molecular weight is 275 g/mol. The Kier molecular flexibility index (Phi) is 4.14. The maximum atomic E-state index is 11.6. The molecule has 0 saturated heterocycles. The van der Waals surface area contributed by atoms with E-state index in [-0.39, 0.29) is 0 Å². The van der Waals surface area contributed by atoms with E-state index in [0.717, 1.165) is 41.4 Å². The number of nitrogens with zero attached hydrogens (tertiary/aromatic N) is 1. The van der Waals surface area contributed by atoms with Gasteiger partial charge in [-0.3, -0.25) is 0 Å². The first-order valence-electron chi connectivity index (χ1n) is 7.01. The van der Waals surface area contributed by atoms with Gasteiger partial charge >= 0.3 is 5.97 Å². The predicted octanol–water partition coefficient (Wildman–Crippen LogP) is 3.50. The third kappa shape index (κ3) is 2.43. The highest BCUT2D eigenvalue weighted by Gasteiger charge is 2.20. The summed E-state index contributed by atoms with van der Waals surface area (Å²) in [6.07, 6.45) is 3.30. The lowest BCUT2D eigenvalue weighted by atomic mass is 10.0. The van der Waals surface area contributed by atoms with Gasteiger partial charge in [-0.25, -0.2) is 4.79 Å². The van der Waals surface area contributed by atoms with Gasteiger partial charge in [-0.05, 0) is 25.8 Å². The largest absolute Gasteiger partial charge is 0.478 e. The molecule has 108 valence electrons.